The Morgan fingerprint density at radius 3 is 2.60 bits per heavy atom. The molecule has 30 heavy (non-hydrogen) atoms. The summed E-state index contributed by atoms with van der Waals surface area (Å²) in [5.74, 6) is -0.346. The van der Waals surface area contributed by atoms with Crippen LogP contribution in [0.4, 0.5) is 0 Å². The van der Waals surface area contributed by atoms with E-state index in [4.69, 9.17) is 14.2 Å². The molecule has 0 bridgehead atoms. The second kappa shape index (κ2) is 9.07. The fraction of sp³-hybridized carbons (Fsp3) is 0.250. The van der Waals surface area contributed by atoms with Crippen LogP contribution in [0.5, 0.6) is 5.75 Å². The third kappa shape index (κ3) is 5.03. The first-order valence-corrected chi connectivity index (χ1v) is 9.91. The van der Waals surface area contributed by atoms with Gasteiger partial charge in [-0.25, -0.2) is 5.43 Å². The van der Waals surface area contributed by atoms with Gasteiger partial charge in [0, 0.05) is 0 Å². The molecule has 0 aliphatic carbocycles. The molecule has 1 aliphatic heterocycles. The van der Waals surface area contributed by atoms with Gasteiger partial charge in [-0.05, 0) is 53.1 Å². The highest BCUT2D eigenvalue weighted by Crippen LogP contribution is 2.22. The number of hydrazone groups is 1. The Bertz CT molecular complexity index is 1040. The van der Waals surface area contributed by atoms with Gasteiger partial charge in [0.1, 0.15) is 12.4 Å². The summed E-state index contributed by atoms with van der Waals surface area (Å²) in [6.07, 6.45) is 1.69. The number of amides is 1. The quantitative estimate of drug-likeness (QED) is 0.477. The zero-order valence-corrected chi connectivity index (χ0v) is 16.8. The van der Waals surface area contributed by atoms with Gasteiger partial charge in [0.05, 0.1) is 25.8 Å². The van der Waals surface area contributed by atoms with E-state index in [2.05, 4.69) is 34.8 Å². The average molecular weight is 404 g/mol. The second-order valence-corrected chi connectivity index (χ2v) is 7.30. The van der Waals surface area contributed by atoms with Crippen LogP contribution in [0.2, 0.25) is 0 Å². The van der Waals surface area contributed by atoms with Crippen LogP contribution < -0.4 is 10.2 Å². The molecule has 1 saturated heterocycles. The van der Waals surface area contributed by atoms with E-state index in [0.29, 0.717) is 19.8 Å². The van der Waals surface area contributed by atoms with Crippen molar-refractivity contribution in [2.24, 2.45) is 5.10 Å². The number of fused-ring (bicyclic) bond motifs is 1. The van der Waals surface area contributed by atoms with E-state index in [-0.39, 0.29) is 12.3 Å². The zero-order valence-electron chi connectivity index (χ0n) is 16.8. The molecule has 1 N–H and O–H groups in total. The van der Waals surface area contributed by atoms with Crippen molar-refractivity contribution >= 4 is 22.9 Å². The standard InChI is InChI=1S/C24H24N2O4/c1-24(29-13-14-30-24)15-23(27)26-25-16-18-9-11-21(12-10-18)28-17-20-7-4-6-19-5-2-3-8-22(19)20/h2-12,16H,13-15,17H2,1H3,(H,26,27)/b25-16-. The molecular formula is C24H24N2O4. The van der Waals surface area contributed by atoms with Crippen LogP contribution in [0.3, 0.4) is 0 Å². The van der Waals surface area contributed by atoms with Crippen LogP contribution >= 0.6 is 0 Å². The topological polar surface area (TPSA) is 69.2 Å². The molecule has 0 radical (unpaired) electrons. The van der Waals surface area contributed by atoms with Crippen LogP contribution in [-0.2, 0) is 20.9 Å². The van der Waals surface area contributed by atoms with Crippen molar-refractivity contribution in [2.45, 2.75) is 25.7 Å². The van der Waals surface area contributed by atoms with Gasteiger partial charge in [0.25, 0.3) is 0 Å². The summed E-state index contributed by atoms with van der Waals surface area (Å²) in [7, 11) is 0. The molecule has 0 unspecified atom stereocenters. The minimum Gasteiger partial charge on any atom is -0.489 e. The first-order chi connectivity index (χ1) is 14.6. The molecule has 1 heterocycles. The van der Waals surface area contributed by atoms with Crippen molar-refractivity contribution in [1.82, 2.24) is 5.43 Å². The highest BCUT2D eigenvalue weighted by Gasteiger charge is 2.33. The van der Waals surface area contributed by atoms with E-state index in [0.717, 1.165) is 16.9 Å². The molecule has 3 aromatic carbocycles. The van der Waals surface area contributed by atoms with E-state index < -0.39 is 5.79 Å². The Morgan fingerprint density at radius 2 is 1.80 bits per heavy atom. The molecule has 1 amide bonds. The number of carbonyl (C=O) groups excluding carboxylic acids is 1. The van der Waals surface area contributed by atoms with E-state index in [1.165, 1.54) is 10.8 Å². The lowest BCUT2D eigenvalue weighted by Gasteiger charge is -2.20. The Labute approximate surface area is 175 Å². The number of nitrogens with zero attached hydrogens (tertiary/aromatic N) is 1. The minimum atomic E-state index is -0.858. The van der Waals surface area contributed by atoms with E-state index in [1.54, 1.807) is 13.1 Å². The Balaban J connectivity index is 1.29. The van der Waals surface area contributed by atoms with Crippen molar-refractivity contribution in [3.63, 3.8) is 0 Å². The fourth-order valence-electron chi connectivity index (χ4n) is 3.40. The van der Waals surface area contributed by atoms with Crippen LogP contribution in [0.25, 0.3) is 10.8 Å². The molecule has 0 aromatic heterocycles. The monoisotopic (exact) mass is 404 g/mol. The molecule has 1 aliphatic rings. The van der Waals surface area contributed by atoms with Gasteiger partial charge in [-0.2, -0.15) is 5.10 Å². The van der Waals surface area contributed by atoms with Gasteiger partial charge in [0.15, 0.2) is 5.79 Å². The molecule has 0 atom stereocenters. The molecule has 3 aromatic rings. The van der Waals surface area contributed by atoms with Crippen molar-refractivity contribution in [3.05, 3.63) is 77.9 Å². The lowest BCUT2D eigenvalue weighted by atomic mass is 10.1. The summed E-state index contributed by atoms with van der Waals surface area (Å²) < 4.78 is 16.8. The van der Waals surface area contributed by atoms with Gasteiger partial charge < -0.3 is 14.2 Å². The van der Waals surface area contributed by atoms with Gasteiger partial charge in [0.2, 0.25) is 5.91 Å². The molecule has 6 heteroatoms. The predicted molar refractivity (Wildman–Crippen MR) is 115 cm³/mol. The van der Waals surface area contributed by atoms with Crippen molar-refractivity contribution < 1.29 is 19.0 Å². The summed E-state index contributed by atoms with van der Waals surface area (Å²) in [4.78, 5) is 12.0. The van der Waals surface area contributed by atoms with Gasteiger partial charge in [-0.15, -0.1) is 0 Å². The number of benzene rings is 3. The lowest BCUT2D eigenvalue weighted by Crippen LogP contribution is -2.33. The summed E-state index contributed by atoms with van der Waals surface area (Å²) in [6, 6.07) is 22.0. The van der Waals surface area contributed by atoms with Gasteiger partial charge in [-0.1, -0.05) is 42.5 Å². The Hall–Kier alpha value is -3.22. The van der Waals surface area contributed by atoms with Crippen LogP contribution in [-0.4, -0.2) is 31.1 Å². The highest BCUT2D eigenvalue weighted by molar-refractivity contribution is 5.85. The smallest absolute Gasteiger partial charge is 0.245 e. The maximum atomic E-state index is 12.0. The third-order valence-electron chi connectivity index (χ3n) is 4.94. The predicted octanol–water partition coefficient (Wildman–Crippen LogP) is 4.02. The maximum Gasteiger partial charge on any atom is 0.245 e. The number of hydrogen-bond donors (Lipinski definition) is 1. The van der Waals surface area contributed by atoms with E-state index in [9.17, 15) is 4.79 Å². The number of nitrogens with one attached hydrogen (secondary N) is 1. The second-order valence-electron chi connectivity index (χ2n) is 7.30. The fourth-order valence-corrected chi connectivity index (χ4v) is 3.40. The highest BCUT2D eigenvalue weighted by atomic mass is 16.7. The molecule has 0 spiro atoms. The SMILES string of the molecule is CC1(CC(=O)N/N=C\c2ccc(OCc3cccc4ccccc34)cc2)OCCO1. The van der Waals surface area contributed by atoms with E-state index in [1.807, 2.05) is 42.5 Å². The Morgan fingerprint density at radius 1 is 1.07 bits per heavy atom. The summed E-state index contributed by atoms with van der Waals surface area (Å²) in [6.45, 7) is 3.25. The van der Waals surface area contributed by atoms with Crippen LogP contribution in [0.1, 0.15) is 24.5 Å². The van der Waals surface area contributed by atoms with Crippen molar-refractivity contribution in [2.75, 3.05) is 13.2 Å². The first kappa shape index (κ1) is 20.1. The first-order valence-electron chi connectivity index (χ1n) is 9.91. The zero-order chi connectivity index (χ0) is 20.8. The number of ether oxygens (including phenoxy) is 3. The van der Waals surface area contributed by atoms with Gasteiger partial charge in [-0.3, -0.25) is 4.79 Å². The molecule has 4 rings (SSSR count). The molecular weight excluding hydrogens is 380 g/mol. The van der Waals surface area contributed by atoms with Crippen LogP contribution in [0.15, 0.2) is 71.8 Å². The van der Waals surface area contributed by atoms with Crippen molar-refractivity contribution in [1.29, 1.82) is 0 Å². The normalized spacial score (nSPS) is 15.5. The molecule has 6 nitrogen and oxygen atoms in total. The maximum absolute atomic E-state index is 12.0. The number of hydrogen-bond acceptors (Lipinski definition) is 5. The lowest BCUT2D eigenvalue weighted by molar-refractivity contribution is -0.159. The molecule has 154 valence electrons. The van der Waals surface area contributed by atoms with Crippen molar-refractivity contribution in [3.8, 4) is 5.75 Å². The molecule has 1 fully saturated rings. The number of carbonyl (C=O) groups is 1. The summed E-state index contributed by atoms with van der Waals surface area (Å²) >= 11 is 0. The number of rotatable bonds is 7. The van der Waals surface area contributed by atoms with E-state index >= 15 is 0 Å². The average Bonchev–Trinajstić information content (AvgIpc) is 3.19. The summed E-state index contributed by atoms with van der Waals surface area (Å²) in [5.41, 5.74) is 4.50. The van der Waals surface area contributed by atoms with Crippen LogP contribution in [0, 0.1) is 0 Å². The largest absolute Gasteiger partial charge is 0.489 e. The van der Waals surface area contributed by atoms with Gasteiger partial charge >= 0.3 is 0 Å². The third-order valence-corrected chi connectivity index (χ3v) is 4.94. The minimum absolute atomic E-state index is 0.102. The Kier molecular flexibility index (Phi) is 6.07. The summed E-state index contributed by atoms with van der Waals surface area (Å²) in [5, 5.41) is 6.39. The molecule has 0 saturated carbocycles.